The van der Waals surface area contributed by atoms with Crippen LogP contribution in [-0.2, 0) is 9.59 Å². The fourth-order valence-corrected chi connectivity index (χ4v) is 3.68. The van der Waals surface area contributed by atoms with Crippen molar-refractivity contribution >= 4 is 11.9 Å². The summed E-state index contributed by atoms with van der Waals surface area (Å²) in [5, 5.41) is 9.00. The van der Waals surface area contributed by atoms with Crippen LogP contribution in [0.4, 0.5) is 0 Å². The van der Waals surface area contributed by atoms with Crippen molar-refractivity contribution in [2.75, 3.05) is 6.54 Å². The largest absolute Gasteiger partial charge is 0.481 e. The summed E-state index contributed by atoms with van der Waals surface area (Å²) < 4.78 is 0. The summed E-state index contributed by atoms with van der Waals surface area (Å²) in [5.74, 6) is -1.29. The molecule has 0 bridgehead atoms. The van der Waals surface area contributed by atoms with Crippen LogP contribution in [0.25, 0.3) is 0 Å². The lowest BCUT2D eigenvalue weighted by atomic mass is 9.82. The second-order valence-corrected chi connectivity index (χ2v) is 6.68. The fraction of sp³-hybridized carbons (Fsp3) is 0.529. The van der Waals surface area contributed by atoms with Crippen LogP contribution in [0.1, 0.15) is 38.2 Å². The molecule has 4 heteroatoms. The molecule has 0 radical (unpaired) electrons. The molecule has 1 aromatic rings. The molecule has 3 rings (SSSR count). The number of nitrogens with zero attached hydrogens (tertiary/aromatic N) is 1. The maximum Gasteiger partial charge on any atom is 0.307 e. The quantitative estimate of drug-likeness (QED) is 0.929. The van der Waals surface area contributed by atoms with Crippen molar-refractivity contribution in [2.45, 2.75) is 38.1 Å². The zero-order valence-corrected chi connectivity index (χ0v) is 12.5. The van der Waals surface area contributed by atoms with Crippen LogP contribution < -0.4 is 0 Å². The van der Waals surface area contributed by atoms with Crippen LogP contribution in [0.15, 0.2) is 30.3 Å². The molecule has 2 fully saturated rings. The summed E-state index contributed by atoms with van der Waals surface area (Å²) >= 11 is 0. The Bertz CT molecular complexity index is 567. The standard InChI is InChI=1S/C17H21NO3/c1-17(2)14(11-6-4-3-5-7-11)8-9-18(17)15(19)12-10-13(12)16(20)21/h3-7,12-14H,8-10H2,1-2H3,(H,20,21). The first-order valence-corrected chi connectivity index (χ1v) is 7.52. The van der Waals surface area contributed by atoms with E-state index in [4.69, 9.17) is 5.11 Å². The lowest BCUT2D eigenvalue weighted by molar-refractivity contribution is -0.143. The third kappa shape index (κ3) is 2.33. The van der Waals surface area contributed by atoms with E-state index in [1.54, 1.807) is 0 Å². The molecule has 21 heavy (non-hydrogen) atoms. The molecule has 1 heterocycles. The lowest BCUT2D eigenvalue weighted by Gasteiger charge is -2.36. The number of benzene rings is 1. The maximum atomic E-state index is 12.6. The van der Waals surface area contributed by atoms with Crippen LogP contribution in [0.3, 0.4) is 0 Å². The van der Waals surface area contributed by atoms with Gasteiger partial charge in [0.15, 0.2) is 0 Å². The Morgan fingerprint density at radius 2 is 1.86 bits per heavy atom. The van der Waals surface area contributed by atoms with Gasteiger partial charge in [-0.3, -0.25) is 9.59 Å². The minimum Gasteiger partial charge on any atom is -0.481 e. The van der Waals surface area contributed by atoms with E-state index in [2.05, 4.69) is 26.0 Å². The fourth-order valence-electron chi connectivity index (χ4n) is 3.68. The van der Waals surface area contributed by atoms with Crippen molar-refractivity contribution in [3.05, 3.63) is 35.9 Å². The van der Waals surface area contributed by atoms with E-state index in [1.165, 1.54) is 5.56 Å². The number of likely N-dealkylation sites (tertiary alicyclic amines) is 1. The highest BCUT2D eigenvalue weighted by molar-refractivity contribution is 5.90. The number of carboxylic acids is 1. The molecule has 1 saturated heterocycles. The monoisotopic (exact) mass is 287 g/mol. The first-order valence-electron chi connectivity index (χ1n) is 7.52. The van der Waals surface area contributed by atoms with Crippen molar-refractivity contribution in [2.24, 2.45) is 11.8 Å². The molecule has 3 atom stereocenters. The van der Waals surface area contributed by atoms with Crippen molar-refractivity contribution < 1.29 is 14.7 Å². The highest BCUT2D eigenvalue weighted by Gasteiger charge is 2.54. The summed E-state index contributed by atoms with van der Waals surface area (Å²) in [5.41, 5.74) is 0.993. The van der Waals surface area contributed by atoms with Gasteiger partial charge in [-0.15, -0.1) is 0 Å². The minimum absolute atomic E-state index is 0.0193. The molecular weight excluding hydrogens is 266 g/mol. The van der Waals surface area contributed by atoms with Crippen LogP contribution in [-0.4, -0.2) is 34.0 Å². The molecule has 1 aromatic carbocycles. The molecule has 112 valence electrons. The van der Waals surface area contributed by atoms with Gasteiger partial charge in [0, 0.05) is 18.0 Å². The van der Waals surface area contributed by atoms with E-state index < -0.39 is 11.9 Å². The summed E-state index contributed by atoms with van der Waals surface area (Å²) in [7, 11) is 0. The smallest absolute Gasteiger partial charge is 0.307 e. The number of hydrogen-bond acceptors (Lipinski definition) is 2. The number of rotatable bonds is 3. The predicted octanol–water partition coefficient (Wildman–Crippen LogP) is 2.50. The average Bonchev–Trinajstić information content (AvgIpc) is 3.18. The zero-order valence-electron chi connectivity index (χ0n) is 12.5. The van der Waals surface area contributed by atoms with Gasteiger partial charge in [-0.25, -0.2) is 0 Å². The number of hydrogen-bond donors (Lipinski definition) is 1. The summed E-state index contributed by atoms with van der Waals surface area (Å²) in [4.78, 5) is 25.4. The van der Waals surface area contributed by atoms with E-state index in [9.17, 15) is 9.59 Å². The first kappa shape index (κ1) is 14.1. The molecule has 1 saturated carbocycles. The van der Waals surface area contributed by atoms with Crippen molar-refractivity contribution in [3.8, 4) is 0 Å². The van der Waals surface area contributed by atoms with Crippen LogP contribution in [0.5, 0.6) is 0 Å². The van der Waals surface area contributed by atoms with Crippen molar-refractivity contribution in [1.82, 2.24) is 4.90 Å². The molecule has 1 aliphatic carbocycles. The van der Waals surface area contributed by atoms with Crippen LogP contribution in [0, 0.1) is 11.8 Å². The van der Waals surface area contributed by atoms with Crippen molar-refractivity contribution in [3.63, 3.8) is 0 Å². The van der Waals surface area contributed by atoms with Gasteiger partial charge in [-0.1, -0.05) is 30.3 Å². The van der Waals surface area contributed by atoms with Gasteiger partial charge in [-0.05, 0) is 32.3 Å². The van der Waals surface area contributed by atoms with Gasteiger partial charge < -0.3 is 10.0 Å². The topological polar surface area (TPSA) is 57.6 Å². The number of amides is 1. The lowest BCUT2D eigenvalue weighted by Crippen LogP contribution is -2.46. The van der Waals surface area contributed by atoms with E-state index in [0.717, 1.165) is 6.42 Å². The second kappa shape index (κ2) is 4.86. The molecular formula is C17H21NO3. The maximum absolute atomic E-state index is 12.6. The average molecular weight is 287 g/mol. The second-order valence-electron chi connectivity index (χ2n) is 6.68. The molecule has 4 nitrogen and oxygen atoms in total. The van der Waals surface area contributed by atoms with Crippen molar-refractivity contribution in [1.29, 1.82) is 0 Å². The van der Waals surface area contributed by atoms with Gasteiger partial charge >= 0.3 is 5.97 Å². The van der Waals surface area contributed by atoms with Gasteiger partial charge in [0.25, 0.3) is 0 Å². The van der Waals surface area contributed by atoms with Gasteiger partial charge in [0.2, 0.25) is 5.91 Å². The summed E-state index contributed by atoms with van der Waals surface area (Å²) in [6.45, 7) is 4.90. The highest BCUT2D eigenvalue weighted by atomic mass is 16.4. The molecule has 1 aliphatic heterocycles. The summed E-state index contributed by atoms with van der Waals surface area (Å²) in [6, 6.07) is 10.3. The van der Waals surface area contributed by atoms with Gasteiger partial charge in [0.05, 0.1) is 11.8 Å². The van der Waals surface area contributed by atoms with E-state index in [1.807, 2.05) is 23.1 Å². The first-order chi connectivity index (χ1) is 9.93. The van der Waals surface area contributed by atoms with E-state index in [-0.39, 0.29) is 17.4 Å². The Kier molecular flexibility index (Phi) is 3.27. The third-order valence-electron chi connectivity index (χ3n) is 5.08. The molecule has 0 spiro atoms. The van der Waals surface area contributed by atoms with Crippen LogP contribution in [0.2, 0.25) is 0 Å². The molecule has 0 aromatic heterocycles. The highest BCUT2D eigenvalue weighted by Crippen LogP contribution is 2.47. The third-order valence-corrected chi connectivity index (χ3v) is 5.08. The molecule has 1 N–H and O–H groups in total. The zero-order chi connectivity index (χ0) is 15.2. The van der Waals surface area contributed by atoms with Gasteiger partial charge in [0.1, 0.15) is 0 Å². The molecule has 2 aliphatic rings. The van der Waals surface area contributed by atoms with E-state index >= 15 is 0 Å². The summed E-state index contributed by atoms with van der Waals surface area (Å²) in [6.07, 6.45) is 1.43. The molecule has 3 unspecified atom stereocenters. The Balaban J connectivity index is 1.77. The van der Waals surface area contributed by atoms with Gasteiger partial charge in [-0.2, -0.15) is 0 Å². The Hall–Kier alpha value is -1.84. The Morgan fingerprint density at radius 3 is 2.43 bits per heavy atom. The Labute approximate surface area is 124 Å². The number of carbonyl (C=O) groups is 2. The SMILES string of the molecule is CC1(C)C(c2ccccc2)CCN1C(=O)C1CC1C(=O)O. The van der Waals surface area contributed by atoms with Crippen LogP contribution >= 0.6 is 0 Å². The minimum atomic E-state index is -0.843. The number of carboxylic acid groups (broad SMARTS) is 1. The predicted molar refractivity (Wildman–Crippen MR) is 78.8 cm³/mol. The number of carbonyl (C=O) groups excluding carboxylic acids is 1. The number of aliphatic carboxylic acids is 1. The normalized spacial score (nSPS) is 30.2. The molecule has 1 amide bonds. The Morgan fingerprint density at radius 1 is 1.19 bits per heavy atom. The van der Waals surface area contributed by atoms with E-state index in [0.29, 0.717) is 18.9 Å².